The summed E-state index contributed by atoms with van der Waals surface area (Å²) in [6.07, 6.45) is 1.26. The number of nitrogens with zero attached hydrogens (tertiary/aromatic N) is 2. The number of guanidine groups is 1. The van der Waals surface area contributed by atoms with Gasteiger partial charge in [-0.3, -0.25) is 4.99 Å². The van der Waals surface area contributed by atoms with E-state index in [1.54, 1.807) is 0 Å². The molecule has 0 amide bonds. The molecule has 1 aliphatic heterocycles. The van der Waals surface area contributed by atoms with E-state index in [-0.39, 0.29) is 0 Å². The molecule has 0 aromatic carbocycles. The van der Waals surface area contributed by atoms with Gasteiger partial charge in [0, 0.05) is 25.7 Å². The maximum atomic E-state index is 5.79. The maximum Gasteiger partial charge on any atom is 0.188 e. The molecule has 0 spiro atoms. The van der Waals surface area contributed by atoms with Gasteiger partial charge in [-0.25, -0.2) is 0 Å². The van der Waals surface area contributed by atoms with Crippen LogP contribution in [0.1, 0.15) is 34.1 Å². The van der Waals surface area contributed by atoms with Crippen LogP contribution >= 0.6 is 0 Å². The molecule has 1 heterocycles. The monoisotopic (exact) mass is 240 g/mol. The van der Waals surface area contributed by atoms with Crippen molar-refractivity contribution in [3.8, 4) is 0 Å². The highest BCUT2D eigenvalue weighted by Gasteiger charge is 2.22. The molecule has 17 heavy (non-hydrogen) atoms. The van der Waals surface area contributed by atoms with E-state index >= 15 is 0 Å². The van der Waals surface area contributed by atoms with Crippen LogP contribution in [0.4, 0.5) is 0 Å². The van der Waals surface area contributed by atoms with Gasteiger partial charge in [0.2, 0.25) is 0 Å². The lowest BCUT2D eigenvalue weighted by atomic mass is 10.1. The largest absolute Gasteiger partial charge is 0.370 e. The van der Waals surface area contributed by atoms with E-state index < -0.39 is 0 Å². The fraction of sp³-hybridized carbons (Fsp3) is 0.923. The zero-order valence-electron chi connectivity index (χ0n) is 11.7. The Balaban J connectivity index is 2.25. The summed E-state index contributed by atoms with van der Waals surface area (Å²) >= 11 is 0. The van der Waals surface area contributed by atoms with E-state index in [9.17, 15) is 0 Å². The zero-order chi connectivity index (χ0) is 12.8. The van der Waals surface area contributed by atoms with Crippen LogP contribution in [-0.2, 0) is 0 Å². The van der Waals surface area contributed by atoms with Crippen LogP contribution in [0.2, 0.25) is 0 Å². The molecule has 0 aliphatic carbocycles. The first-order valence-corrected chi connectivity index (χ1v) is 6.76. The minimum atomic E-state index is 0.361. The normalized spacial score (nSPS) is 22.7. The van der Waals surface area contributed by atoms with E-state index in [1.807, 2.05) is 0 Å². The molecular formula is C13H28N4. The summed E-state index contributed by atoms with van der Waals surface area (Å²) in [5, 5.41) is 3.12. The smallest absolute Gasteiger partial charge is 0.188 e. The Morgan fingerprint density at radius 2 is 2.12 bits per heavy atom. The second-order valence-corrected chi connectivity index (χ2v) is 5.83. The van der Waals surface area contributed by atoms with Gasteiger partial charge in [0.1, 0.15) is 0 Å². The molecule has 0 aromatic rings. The summed E-state index contributed by atoms with van der Waals surface area (Å²) in [5.41, 5.74) is 5.79. The lowest BCUT2D eigenvalue weighted by molar-refractivity contribution is 0.288. The lowest BCUT2D eigenvalue weighted by Crippen LogP contribution is -2.37. The molecule has 100 valence electrons. The molecule has 1 aliphatic rings. The van der Waals surface area contributed by atoms with Gasteiger partial charge in [-0.15, -0.1) is 0 Å². The molecule has 0 radical (unpaired) electrons. The average molecular weight is 240 g/mol. The van der Waals surface area contributed by atoms with Crippen molar-refractivity contribution in [1.29, 1.82) is 0 Å². The molecule has 1 unspecified atom stereocenters. The van der Waals surface area contributed by atoms with E-state index in [2.05, 4.69) is 42.9 Å². The molecule has 1 rings (SSSR count). The van der Waals surface area contributed by atoms with Crippen molar-refractivity contribution in [2.24, 2.45) is 22.6 Å². The van der Waals surface area contributed by atoms with Gasteiger partial charge in [0.15, 0.2) is 5.96 Å². The van der Waals surface area contributed by atoms with Crippen LogP contribution in [0.3, 0.4) is 0 Å². The third-order valence-corrected chi connectivity index (χ3v) is 2.95. The van der Waals surface area contributed by atoms with Crippen molar-refractivity contribution >= 4 is 5.96 Å². The highest BCUT2D eigenvalue weighted by atomic mass is 15.2. The standard InChI is InChI=1S/C13H28N4/c1-10(2)8-17-6-5-12(9-17)7-15-13(14)16-11(3)4/h10-12H,5-9H2,1-4H3,(H3,14,15,16). The number of nitrogens with two attached hydrogens (primary N) is 1. The van der Waals surface area contributed by atoms with Crippen molar-refractivity contribution < 1.29 is 0 Å². The Bertz CT molecular complexity index is 248. The van der Waals surface area contributed by atoms with Gasteiger partial charge < -0.3 is 16.0 Å². The SMILES string of the molecule is CC(C)CN1CCC(CN=C(N)NC(C)C)C1. The summed E-state index contributed by atoms with van der Waals surface area (Å²) in [5.74, 6) is 2.02. The van der Waals surface area contributed by atoms with E-state index in [4.69, 9.17) is 5.73 Å². The van der Waals surface area contributed by atoms with Crippen molar-refractivity contribution in [3.05, 3.63) is 0 Å². The maximum absolute atomic E-state index is 5.79. The van der Waals surface area contributed by atoms with Crippen LogP contribution in [0.5, 0.6) is 0 Å². The van der Waals surface area contributed by atoms with Crippen LogP contribution in [0, 0.1) is 11.8 Å². The third kappa shape index (κ3) is 5.91. The molecule has 1 saturated heterocycles. The first kappa shape index (κ1) is 14.3. The van der Waals surface area contributed by atoms with E-state index in [1.165, 1.54) is 26.1 Å². The van der Waals surface area contributed by atoms with Crippen LogP contribution in [-0.4, -0.2) is 43.1 Å². The highest BCUT2D eigenvalue weighted by molar-refractivity contribution is 5.78. The summed E-state index contributed by atoms with van der Waals surface area (Å²) in [6, 6.07) is 0.361. The predicted octanol–water partition coefficient (Wildman–Crippen LogP) is 1.28. The van der Waals surface area contributed by atoms with Crippen LogP contribution in [0.15, 0.2) is 4.99 Å². The van der Waals surface area contributed by atoms with Crippen molar-refractivity contribution in [2.75, 3.05) is 26.2 Å². The molecule has 0 saturated carbocycles. The summed E-state index contributed by atoms with van der Waals surface area (Å²) in [4.78, 5) is 6.96. The van der Waals surface area contributed by atoms with E-state index in [0.29, 0.717) is 17.9 Å². The predicted molar refractivity (Wildman–Crippen MR) is 74.1 cm³/mol. The van der Waals surface area contributed by atoms with Gasteiger partial charge in [-0.1, -0.05) is 13.8 Å². The minimum Gasteiger partial charge on any atom is -0.370 e. The molecule has 4 nitrogen and oxygen atoms in total. The molecule has 0 bridgehead atoms. The summed E-state index contributed by atoms with van der Waals surface area (Å²) < 4.78 is 0. The summed E-state index contributed by atoms with van der Waals surface area (Å²) in [7, 11) is 0. The Morgan fingerprint density at radius 3 is 2.71 bits per heavy atom. The second kappa shape index (κ2) is 6.84. The molecule has 1 atom stereocenters. The van der Waals surface area contributed by atoms with Crippen molar-refractivity contribution in [3.63, 3.8) is 0 Å². The van der Waals surface area contributed by atoms with Gasteiger partial charge in [0.25, 0.3) is 0 Å². The zero-order valence-corrected chi connectivity index (χ0v) is 11.7. The molecule has 3 N–H and O–H groups in total. The molecule has 1 fully saturated rings. The summed E-state index contributed by atoms with van der Waals surface area (Å²) in [6.45, 7) is 13.2. The van der Waals surface area contributed by atoms with Crippen LogP contribution in [0.25, 0.3) is 0 Å². The van der Waals surface area contributed by atoms with Gasteiger partial charge >= 0.3 is 0 Å². The van der Waals surface area contributed by atoms with E-state index in [0.717, 1.165) is 12.5 Å². The Hall–Kier alpha value is -0.770. The number of nitrogens with one attached hydrogen (secondary N) is 1. The first-order valence-electron chi connectivity index (χ1n) is 6.76. The Labute approximate surface area is 106 Å². The third-order valence-electron chi connectivity index (χ3n) is 2.95. The fourth-order valence-electron chi connectivity index (χ4n) is 2.31. The number of likely N-dealkylation sites (tertiary alicyclic amines) is 1. The molecule has 4 heteroatoms. The second-order valence-electron chi connectivity index (χ2n) is 5.83. The molecule has 0 aromatic heterocycles. The van der Waals surface area contributed by atoms with Gasteiger partial charge in [0.05, 0.1) is 0 Å². The van der Waals surface area contributed by atoms with Crippen molar-refractivity contribution in [1.82, 2.24) is 10.2 Å². The van der Waals surface area contributed by atoms with Gasteiger partial charge in [-0.05, 0) is 38.6 Å². The number of aliphatic imine (C=N–C) groups is 1. The number of hydrogen-bond acceptors (Lipinski definition) is 2. The Morgan fingerprint density at radius 1 is 1.41 bits per heavy atom. The van der Waals surface area contributed by atoms with Crippen molar-refractivity contribution in [2.45, 2.75) is 40.2 Å². The lowest BCUT2D eigenvalue weighted by Gasteiger charge is -2.17. The number of hydrogen-bond donors (Lipinski definition) is 2. The van der Waals surface area contributed by atoms with Crippen LogP contribution < -0.4 is 11.1 Å². The minimum absolute atomic E-state index is 0.361. The molecular weight excluding hydrogens is 212 g/mol. The number of rotatable bonds is 5. The topological polar surface area (TPSA) is 53.6 Å². The first-order chi connectivity index (χ1) is 7.97. The fourth-order valence-corrected chi connectivity index (χ4v) is 2.31. The highest BCUT2D eigenvalue weighted by Crippen LogP contribution is 2.17. The van der Waals surface area contributed by atoms with Gasteiger partial charge in [-0.2, -0.15) is 0 Å². The quantitative estimate of drug-likeness (QED) is 0.562. The Kier molecular flexibility index (Phi) is 5.75. The average Bonchev–Trinajstić information content (AvgIpc) is 2.60.